The number of aryl methyl sites for hydroxylation is 1. The fourth-order valence-electron chi connectivity index (χ4n) is 3.49. The molecule has 0 saturated heterocycles. The third-order valence-corrected chi connectivity index (χ3v) is 6.60. The Balaban J connectivity index is 1.58. The van der Waals surface area contributed by atoms with Gasteiger partial charge in [-0.3, -0.25) is 9.59 Å². The van der Waals surface area contributed by atoms with Crippen molar-refractivity contribution in [1.29, 1.82) is 0 Å². The molecule has 6 heteroatoms. The normalized spacial score (nSPS) is 28.3. The molecule has 0 spiro atoms. The van der Waals surface area contributed by atoms with E-state index >= 15 is 0 Å². The van der Waals surface area contributed by atoms with Gasteiger partial charge in [0.1, 0.15) is 12.0 Å². The predicted octanol–water partition coefficient (Wildman–Crippen LogP) is 2.17. The van der Waals surface area contributed by atoms with Gasteiger partial charge in [-0.15, -0.1) is 11.3 Å². The van der Waals surface area contributed by atoms with Gasteiger partial charge >= 0.3 is 0 Å². The number of Topliss-reactive ketones (excluding diaryl/α,β-unsaturated/α-hetero) is 1. The molecular formula is C18H23FN2O2S. The van der Waals surface area contributed by atoms with E-state index in [1.807, 2.05) is 0 Å². The second-order valence-corrected chi connectivity index (χ2v) is 8.65. The van der Waals surface area contributed by atoms with Gasteiger partial charge in [-0.2, -0.15) is 0 Å². The third kappa shape index (κ3) is 3.26. The minimum atomic E-state index is -0.979. The van der Waals surface area contributed by atoms with Gasteiger partial charge in [0.15, 0.2) is 0 Å². The molecule has 1 amide bonds. The standard InChI is InChI=1S/C18H23FN2O2S/c19-13-6-11(13)14(22)7-16-17(18(23)21-8-9-1-2-9)12-5-10(20)3-4-15(12)24-16/h9-11,13H,1-8,20H2,(H,21,23)/t10-,11-,13+/m0/s1. The monoisotopic (exact) mass is 350 g/mol. The highest BCUT2D eigenvalue weighted by molar-refractivity contribution is 7.12. The molecule has 1 heterocycles. The van der Waals surface area contributed by atoms with E-state index in [1.54, 1.807) is 11.3 Å². The molecule has 130 valence electrons. The molecule has 1 aromatic rings. The van der Waals surface area contributed by atoms with Crippen LogP contribution in [0.3, 0.4) is 0 Å². The second kappa shape index (κ2) is 6.23. The number of halogens is 1. The quantitative estimate of drug-likeness (QED) is 0.826. The molecule has 3 aliphatic carbocycles. The largest absolute Gasteiger partial charge is 0.352 e. The highest BCUT2D eigenvalue weighted by atomic mass is 32.1. The summed E-state index contributed by atoms with van der Waals surface area (Å²) in [5.74, 6) is 0.00815. The molecule has 3 aliphatic rings. The smallest absolute Gasteiger partial charge is 0.252 e. The van der Waals surface area contributed by atoms with Crippen LogP contribution in [0.2, 0.25) is 0 Å². The molecule has 3 atom stereocenters. The zero-order valence-electron chi connectivity index (χ0n) is 13.6. The average molecular weight is 350 g/mol. The number of hydrogen-bond acceptors (Lipinski definition) is 4. The van der Waals surface area contributed by atoms with Gasteiger partial charge in [0.25, 0.3) is 5.91 Å². The van der Waals surface area contributed by atoms with E-state index in [4.69, 9.17) is 5.73 Å². The van der Waals surface area contributed by atoms with Crippen LogP contribution in [0, 0.1) is 11.8 Å². The van der Waals surface area contributed by atoms with Crippen LogP contribution in [-0.4, -0.2) is 30.4 Å². The van der Waals surface area contributed by atoms with Crippen LogP contribution < -0.4 is 11.1 Å². The predicted molar refractivity (Wildman–Crippen MR) is 91.1 cm³/mol. The Bertz CT molecular complexity index is 683. The lowest BCUT2D eigenvalue weighted by molar-refractivity contribution is -0.119. The Labute approximate surface area is 145 Å². The number of thiophene rings is 1. The zero-order chi connectivity index (χ0) is 16.8. The first-order valence-electron chi connectivity index (χ1n) is 8.87. The van der Waals surface area contributed by atoms with Crippen molar-refractivity contribution in [1.82, 2.24) is 5.32 Å². The van der Waals surface area contributed by atoms with Crippen molar-refractivity contribution >= 4 is 23.0 Å². The first-order chi connectivity index (χ1) is 11.5. The summed E-state index contributed by atoms with van der Waals surface area (Å²) in [5.41, 5.74) is 7.79. The van der Waals surface area contributed by atoms with Gasteiger partial charge in [-0.1, -0.05) is 0 Å². The number of fused-ring (bicyclic) bond motifs is 1. The summed E-state index contributed by atoms with van der Waals surface area (Å²) in [6.07, 6.45) is 4.39. The number of carbonyl (C=O) groups is 2. The summed E-state index contributed by atoms with van der Waals surface area (Å²) in [6, 6.07) is 0.0734. The molecule has 4 rings (SSSR count). The Morgan fingerprint density at radius 2 is 2.04 bits per heavy atom. The number of carbonyl (C=O) groups excluding carboxylic acids is 2. The topological polar surface area (TPSA) is 72.2 Å². The fourth-order valence-corrected chi connectivity index (χ4v) is 4.85. The van der Waals surface area contributed by atoms with Crippen LogP contribution in [0.25, 0.3) is 0 Å². The Morgan fingerprint density at radius 1 is 1.29 bits per heavy atom. The highest BCUT2D eigenvalue weighted by Crippen LogP contribution is 2.39. The van der Waals surface area contributed by atoms with Crippen molar-refractivity contribution in [3.05, 3.63) is 20.9 Å². The zero-order valence-corrected chi connectivity index (χ0v) is 14.5. The van der Waals surface area contributed by atoms with E-state index in [9.17, 15) is 14.0 Å². The lowest BCUT2D eigenvalue weighted by atomic mass is 9.90. The second-order valence-electron chi connectivity index (χ2n) is 7.46. The van der Waals surface area contributed by atoms with E-state index in [0.717, 1.165) is 23.3 Å². The first kappa shape index (κ1) is 16.2. The fraction of sp³-hybridized carbons (Fsp3) is 0.667. The third-order valence-electron chi connectivity index (χ3n) is 5.31. The number of amides is 1. The van der Waals surface area contributed by atoms with Crippen LogP contribution >= 0.6 is 11.3 Å². The molecule has 4 nitrogen and oxygen atoms in total. The van der Waals surface area contributed by atoms with Gasteiger partial charge in [-0.05, 0) is 50.0 Å². The Kier molecular flexibility index (Phi) is 4.21. The Hall–Kier alpha value is -1.27. The van der Waals surface area contributed by atoms with E-state index in [1.165, 1.54) is 17.7 Å². The van der Waals surface area contributed by atoms with E-state index in [0.29, 0.717) is 30.9 Å². The van der Waals surface area contributed by atoms with Crippen molar-refractivity contribution in [3.63, 3.8) is 0 Å². The van der Waals surface area contributed by atoms with Gasteiger partial charge in [0.2, 0.25) is 0 Å². The van der Waals surface area contributed by atoms with Crippen molar-refractivity contribution < 1.29 is 14.0 Å². The summed E-state index contributed by atoms with van der Waals surface area (Å²) in [5, 5.41) is 3.02. The van der Waals surface area contributed by atoms with E-state index in [2.05, 4.69) is 5.32 Å². The summed E-state index contributed by atoms with van der Waals surface area (Å²) >= 11 is 1.56. The summed E-state index contributed by atoms with van der Waals surface area (Å²) < 4.78 is 13.2. The minimum Gasteiger partial charge on any atom is -0.352 e. The first-order valence-corrected chi connectivity index (χ1v) is 9.68. The maximum atomic E-state index is 13.2. The van der Waals surface area contributed by atoms with Crippen molar-refractivity contribution in [2.24, 2.45) is 17.6 Å². The molecule has 0 bridgehead atoms. The lowest BCUT2D eigenvalue weighted by Gasteiger charge is -2.19. The lowest BCUT2D eigenvalue weighted by Crippen LogP contribution is -2.31. The van der Waals surface area contributed by atoms with Gasteiger partial charge in [-0.25, -0.2) is 4.39 Å². The van der Waals surface area contributed by atoms with Crippen LogP contribution in [0.5, 0.6) is 0 Å². The molecule has 0 aromatic carbocycles. The minimum absolute atomic E-state index is 0.0679. The molecular weight excluding hydrogens is 327 g/mol. The SMILES string of the molecule is N[C@H]1CCc2sc(CC(=O)[C@H]3C[C@H]3F)c(C(=O)NCC3CC3)c2C1. The highest BCUT2D eigenvalue weighted by Gasteiger charge is 2.43. The van der Waals surface area contributed by atoms with Crippen LogP contribution in [0.1, 0.15) is 51.4 Å². The molecule has 0 unspecified atom stereocenters. The molecule has 24 heavy (non-hydrogen) atoms. The molecule has 3 N–H and O–H groups in total. The molecule has 2 fully saturated rings. The van der Waals surface area contributed by atoms with Crippen molar-refractivity contribution in [3.8, 4) is 0 Å². The van der Waals surface area contributed by atoms with E-state index < -0.39 is 12.1 Å². The van der Waals surface area contributed by atoms with Crippen LogP contribution in [0.4, 0.5) is 4.39 Å². The summed E-state index contributed by atoms with van der Waals surface area (Å²) in [7, 11) is 0. The number of nitrogens with two attached hydrogens (primary N) is 1. The Morgan fingerprint density at radius 3 is 2.71 bits per heavy atom. The number of hydrogen-bond donors (Lipinski definition) is 2. The number of alkyl halides is 1. The van der Waals surface area contributed by atoms with Gasteiger partial charge in [0, 0.05) is 28.8 Å². The van der Waals surface area contributed by atoms with Crippen LogP contribution in [0.15, 0.2) is 0 Å². The number of nitrogens with one attached hydrogen (secondary N) is 1. The molecule has 0 radical (unpaired) electrons. The van der Waals surface area contributed by atoms with Gasteiger partial charge in [0.05, 0.1) is 11.5 Å². The van der Waals surface area contributed by atoms with E-state index in [-0.39, 0.29) is 24.2 Å². The number of ketones is 1. The molecule has 2 saturated carbocycles. The maximum Gasteiger partial charge on any atom is 0.252 e. The van der Waals surface area contributed by atoms with Crippen LogP contribution in [-0.2, 0) is 24.1 Å². The van der Waals surface area contributed by atoms with Crippen molar-refractivity contribution in [2.45, 2.75) is 57.2 Å². The van der Waals surface area contributed by atoms with Gasteiger partial charge < -0.3 is 11.1 Å². The summed E-state index contributed by atoms with van der Waals surface area (Å²) in [6.45, 7) is 0.706. The molecule has 1 aromatic heterocycles. The number of rotatable bonds is 6. The average Bonchev–Trinajstić information content (AvgIpc) is 3.44. The maximum absolute atomic E-state index is 13.2. The molecule has 0 aliphatic heterocycles. The summed E-state index contributed by atoms with van der Waals surface area (Å²) in [4.78, 5) is 27.0. The van der Waals surface area contributed by atoms with Crippen molar-refractivity contribution in [2.75, 3.05) is 6.54 Å².